The number of allylic oxidation sites excluding steroid dienone is 1. The highest BCUT2D eigenvalue weighted by Gasteiger charge is 2.25. The second-order valence-corrected chi connectivity index (χ2v) is 8.42. The summed E-state index contributed by atoms with van der Waals surface area (Å²) in [4.78, 5) is 28.7. The fourth-order valence-electron chi connectivity index (χ4n) is 3.02. The predicted octanol–water partition coefficient (Wildman–Crippen LogP) is 4.84. The van der Waals surface area contributed by atoms with Gasteiger partial charge in [-0.3, -0.25) is 19.1 Å². The Bertz CT molecular complexity index is 1110. The van der Waals surface area contributed by atoms with Gasteiger partial charge in [-0.2, -0.15) is 0 Å². The number of ketones is 1. The second kappa shape index (κ2) is 7.81. The maximum Gasteiger partial charge on any atom is 0.303 e. The smallest absolute Gasteiger partial charge is 0.303 e. The second-order valence-electron chi connectivity index (χ2n) is 6.74. The van der Waals surface area contributed by atoms with Gasteiger partial charge in [0.05, 0.1) is 10.6 Å². The Labute approximate surface area is 171 Å². The first-order valence-electron chi connectivity index (χ1n) is 8.76. The van der Waals surface area contributed by atoms with Crippen LogP contribution in [-0.4, -0.2) is 32.2 Å². The van der Waals surface area contributed by atoms with E-state index in [1.54, 1.807) is 13.0 Å². The molecule has 3 rings (SSSR count). The normalized spacial score (nSPS) is 14.9. The van der Waals surface area contributed by atoms with Gasteiger partial charge in [-0.1, -0.05) is 0 Å². The van der Waals surface area contributed by atoms with Gasteiger partial charge in [-0.15, -0.1) is 11.3 Å². The first-order valence-corrected chi connectivity index (χ1v) is 9.99. The van der Waals surface area contributed by atoms with E-state index in [1.807, 2.05) is 26.0 Å². The lowest BCUT2D eigenvalue weighted by Crippen LogP contribution is -2.15. The number of carboxylic acid groups (broad SMARTS) is 1. The number of aromatic hydroxyl groups is 1. The molecule has 0 spiro atoms. The largest absolute Gasteiger partial charge is 0.493 e. The maximum atomic E-state index is 13.0. The SMILES string of the molecule is CC1=Nc2cc(C)c(C)cc2C(=O)C1=Cc1sc(=S)n(CCCC(=O)O)c1O. The standard InChI is InChI=1S/C20H20N2O4S2/c1-10-7-14-15(8-11(10)2)21-12(3)13(18(14)25)9-16-19(26)22(20(27)28-16)6-4-5-17(23)24/h7-9,26H,4-6H2,1-3H3,(H,23,24). The Morgan fingerprint density at radius 2 is 1.96 bits per heavy atom. The van der Waals surface area contributed by atoms with Crippen LogP contribution >= 0.6 is 23.6 Å². The molecule has 0 fully saturated rings. The number of benzene rings is 1. The molecule has 28 heavy (non-hydrogen) atoms. The van der Waals surface area contributed by atoms with E-state index in [0.717, 1.165) is 11.1 Å². The fourth-order valence-corrected chi connectivity index (χ4v) is 4.32. The summed E-state index contributed by atoms with van der Waals surface area (Å²) >= 11 is 6.47. The zero-order chi connectivity index (χ0) is 20.6. The summed E-state index contributed by atoms with van der Waals surface area (Å²) < 4.78 is 1.93. The summed E-state index contributed by atoms with van der Waals surface area (Å²) in [5, 5.41) is 19.3. The van der Waals surface area contributed by atoms with Crippen LogP contribution in [0, 0.1) is 17.8 Å². The van der Waals surface area contributed by atoms with Gasteiger partial charge in [0.15, 0.2) is 9.74 Å². The number of carbonyl (C=O) groups excluding carboxylic acids is 1. The molecular weight excluding hydrogens is 396 g/mol. The van der Waals surface area contributed by atoms with Gasteiger partial charge in [-0.25, -0.2) is 0 Å². The van der Waals surface area contributed by atoms with Gasteiger partial charge in [-0.05, 0) is 68.7 Å². The molecule has 0 aliphatic carbocycles. The van der Waals surface area contributed by atoms with Gasteiger partial charge in [0.25, 0.3) is 0 Å². The van der Waals surface area contributed by atoms with Crippen molar-refractivity contribution in [3.8, 4) is 5.88 Å². The van der Waals surface area contributed by atoms with Crippen LogP contribution in [0.25, 0.3) is 6.08 Å². The van der Waals surface area contributed by atoms with Crippen LogP contribution in [0.1, 0.15) is 46.1 Å². The molecule has 1 aliphatic rings. The van der Waals surface area contributed by atoms with Crippen LogP contribution in [0.2, 0.25) is 0 Å². The van der Waals surface area contributed by atoms with Crippen LogP contribution in [-0.2, 0) is 11.3 Å². The zero-order valence-corrected chi connectivity index (χ0v) is 17.4. The molecule has 8 heteroatoms. The molecule has 0 saturated carbocycles. The number of aryl methyl sites for hydroxylation is 2. The van der Waals surface area contributed by atoms with Crippen molar-refractivity contribution < 1.29 is 19.8 Å². The third kappa shape index (κ3) is 3.83. The number of fused-ring (bicyclic) bond motifs is 1. The molecule has 0 atom stereocenters. The summed E-state index contributed by atoms with van der Waals surface area (Å²) in [7, 11) is 0. The Morgan fingerprint density at radius 3 is 2.64 bits per heavy atom. The number of aliphatic imine (C=N–C) groups is 1. The van der Waals surface area contributed by atoms with E-state index in [2.05, 4.69) is 4.99 Å². The molecular formula is C20H20N2O4S2. The van der Waals surface area contributed by atoms with Crippen molar-refractivity contribution in [2.75, 3.05) is 0 Å². The number of aromatic nitrogens is 1. The van der Waals surface area contributed by atoms with Gasteiger partial charge in [0.2, 0.25) is 5.88 Å². The van der Waals surface area contributed by atoms with Gasteiger partial charge in [0, 0.05) is 29.8 Å². The van der Waals surface area contributed by atoms with Gasteiger partial charge in [0.1, 0.15) is 0 Å². The molecule has 1 aromatic carbocycles. The molecule has 146 valence electrons. The van der Waals surface area contributed by atoms with Crippen LogP contribution < -0.4 is 0 Å². The van der Waals surface area contributed by atoms with Crippen LogP contribution in [0.15, 0.2) is 22.7 Å². The molecule has 0 amide bonds. The minimum atomic E-state index is -0.896. The lowest BCUT2D eigenvalue weighted by atomic mass is 9.92. The molecule has 2 aromatic rings. The number of nitrogens with zero attached hydrogens (tertiary/aromatic N) is 2. The monoisotopic (exact) mass is 416 g/mol. The van der Waals surface area contributed by atoms with Gasteiger partial charge >= 0.3 is 5.97 Å². The quantitative estimate of drug-likeness (QED) is 0.538. The molecule has 2 heterocycles. The van der Waals surface area contributed by atoms with Crippen molar-refractivity contribution in [2.24, 2.45) is 4.99 Å². The predicted molar refractivity (Wildman–Crippen MR) is 113 cm³/mol. The van der Waals surface area contributed by atoms with E-state index in [9.17, 15) is 14.7 Å². The van der Waals surface area contributed by atoms with E-state index in [4.69, 9.17) is 17.3 Å². The summed E-state index contributed by atoms with van der Waals surface area (Å²) in [6.07, 6.45) is 1.96. The highest BCUT2D eigenvalue weighted by Crippen LogP contribution is 2.34. The zero-order valence-electron chi connectivity index (χ0n) is 15.8. The first kappa shape index (κ1) is 20.2. The number of rotatable bonds is 5. The molecule has 1 aromatic heterocycles. The summed E-state index contributed by atoms with van der Waals surface area (Å²) in [5.74, 6) is -1.09. The molecule has 0 saturated heterocycles. The average Bonchev–Trinajstić information content (AvgIpc) is 2.88. The molecule has 1 aliphatic heterocycles. The highest BCUT2D eigenvalue weighted by molar-refractivity contribution is 7.73. The van der Waals surface area contributed by atoms with Crippen molar-refractivity contribution in [1.82, 2.24) is 4.57 Å². The van der Waals surface area contributed by atoms with E-state index in [-0.39, 0.29) is 18.1 Å². The lowest BCUT2D eigenvalue weighted by Gasteiger charge is -2.17. The van der Waals surface area contributed by atoms with E-state index in [0.29, 0.717) is 44.3 Å². The molecule has 0 unspecified atom stereocenters. The van der Waals surface area contributed by atoms with Crippen molar-refractivity contribution in [3.05, 3.63) is 43.2 Å². The molecule has 0 radical (unpaired) electrons. The summed E-state index contributed by atoms with van der Waals surface area (Å²) in [6, 6.07) is 3.75. The molecule has 0 bridgehead atoms. The minimum Gasteiger partial charge on any atom is -0.493 e. The number of Topliss-reactive ketones (excluding diaryl/α,β-unsaturated/α-hetero) is 1. The number of carbonyl (C=O) groups is 2. The maximum absolute atomic E-state index is 13.0. The van der Waals surface area contributed by atoms with Crippen LogP contribution in [0.5, 0.6) is 5.88 Å². The Morgan fingerprint density at radius 1 is 1.29 bits per heavy atom. The highest BCUT2D eigenvalue weighted by atomic mass is 32.1. The molecule has 2 N–H and O–H groups in total. The van der Waals surface area contributed by atoms with Crippen LogP contribution in [0.3, 0.4) is 0 Å². The first-order chi connectivity index (χ1) is 13.2. The molecule has 6 nitrogen and oxygen atoms in total. The van der Waals surface area contributed by atoms with E-state index >= 15 is 0 Å². The number of hydrogen-bond donors (Lipinski definition) is 2. The third-order valence-electron chi connectivity index (χ3n) is 4.72. The minimum absolute atomic E-state index is 0.00666. The van der Waals surface area contributed by atoms with Crippen molar-refractivity contribution >= 4 is 52.8 Å². The average molecular weight is 417 g/mol. The van der Waals surface area contributed by atoms with Crippen molar-refractivity contribution in [3.63, 3.8) is 0 Å². The van der Waals surface area contributed by atoms with Crippen molar-refractivity contribution in [1.29, 1.82) is 0 Å². The van der Waals surface area contributed by atoms with E-state index in [1.165, 1.54) is 15.9 Å². The Hall–Kier alpha value is -2.58. The number of thiazole rings is 1. The summed E-state index contributed by atoms with van der Waals surface area (Å²) in [5.41, 5.74) is 4.29. The third-order valence-corrected chi connectivity index (χ3v) is 6.11. The fraction of sp³-hybridized carbons (Fsp3) is 0.300. The Kier molecular flexibility index (Phi) is 5.62. The summed E-state index contributed by atoms with van der Waals surface area (Å²) in [6.45, 7) is 6.00. The number of carboxylic acids is 1. The van der Waals surface area contributed by atoms with Gasteiger partial charge < -0.3 is 10.2 Å². The number of aliphatic carboxylic acids is 1. The van der Waals surface area contributed by atoms with Crippen LogP contribution in [0.4, 0.5) is 5.69 Å². The van der Waals surface area contributed by atoms with E-state index < -0.39 is 5.97 Å². The number of hydrogen-bond acceptors (Lipinski definition) is 6. The van der Waals surface area contributed by atoms with Crippen molar-refractivity contribution in [2.45, 2.75) is 40.2 Å². The Balaban J connectivity index is 1.98. The topological polar surface area (TPSA) is 91.9 Å². The lowest BCUT2D eigenvalue weighted by molar-refractivity contribution is -0.137.